The Morgan fingerprint density at radius 3 is 2.27 bits per heavy atom. The molecular weight excluding hydrogens is 322 g/mol. The van der Waals surface area contributed by atoms with E-state index >= 15 is 0 Å². The van der Waals surface area contributed by atoms with Crippen molar-refractivity contribution < 1.29 is 0 Å². The molecule has 2 N–H and O–H groups in total. The summed E-state index contributed by atoms with van der Waals surface area (Å²) in [7, 11) is 0. The Bertz CT molecular complexity index is 1040. The highest BCUT2D eigenvalue weighted by molar-refractivity contribution is 5.72. The van der Waals surface area contributed by atoms with Crippen LogP contribution >= 0.6 is 0 Å². The lowest BCUT2D eigenvalue weighted by Gasteiger charge is -2.10. The summed E-state index contributed by atoms with van der Waals surface area (Å²) >= 11 is 0. The zero-order valence-corrected chi connectivity index (χ0v) is 14.7. The molecule has 0 unspecified atom stereocenters. The van der Waals surface area contributed by atoms with Crippen molar-refractivity contribution in [3.63, 3.8) is 0 Å². The number of hydrogen-bond acceptors (Lipinski definition) is 4. The number of aromatic nitrogens is 4. The number of aromatic amines is 1. The number of rotatable bonds is 4. The third-order valence-corrected chi connectivity index (χ3v) is 4.16. The van der Waals surface area contributed by atoms with E-state index in [9.17, 15) is 0 Å². The zero-order valence-electron chi connectivity index (χ0n) is 14.7. The van der Waals surface area contributed by atoms with Crippen LogP contribution in [0.1, 0.15) is 11.3 Å². The lowest BCUT2D eigenvalue weighted by molar-refractivity contribution is 1.04. The van der Waals surface area contributed by atoms with Gasteiger partial charge in [-0.2, -0.15) is 5.10 Å². The fourth-order valence-electron chi connectivity index (χ4n) is 2.85. The Morgan fingerprint density at radius 1 is 0.808 bits per heavy atom. The lowest BCUT2D eigenvalue weighted by Crippen LogP contribution is -2.01. The molecule has 128 valence electrons. The summed E-state index contributed by atoms with van der Waals surface area (Å²) in [5.74, 6) is 1.22. The molecule has 0 aliphatic carbocycles. The SMILES string of the molecule is Cc1cc(Nc2nc(-c3ccccc3)cc(-c3ccccc3C)n2)n[nH]1. The van der Waals surface area contributed by atoms with E-state index in [2.05, 4.69) is 39.6 Å². The predicted octanol–water partition coefficient (Wildman–Crippen LogP) is 4.89. The minimum atomic E-state index is 0.524. The van der Waals surface area contributed by atoms with Gasteiger partial charge in [0.1, 0.15) is 0 Å². The van der Waals surface area contributed by atoms with E-state index in [1.54, 1.807) is 0 Å². The van der Waals surface area contributed by atoms with Crippen LogP contribution in [0.3, 0.4) is 0 Å². The van der Waals surface area contributed by atoms with Gasteiger partial charge in [0.2, 0.25) is 5.95 Å². The van der Waals surface area contributed by atoms with Gasteiger partial charge in [-0.05, 0) is 25.5 Å². The molecule has 4 aromatic rings. The molecule has 5 heteroatoms. The Labute approximate surface area is 152 Å². The highest BCUT2D eigenvalue weighted by Crippen LogP contribution is 2.27. The van der Waals surface area contributed by atoms with Gasteiger partial charge in [0.05, 0.1) is 11.4 Å². The topological polar surface area (TPSA) is 66.5 Å². The second-order valence-electron chi connectivity index (χ2n) is 6.20. The van der Waals surface area contributed by atoms with Crippen molar-refractivity contribution in [2.24, 2.45) is 0 Å². The highest BCUT2D eigenvalue weighted by atomic mass is 15.2. The van der Waals surface area contributed by atoms with E-state index in [-0.39, 0.29) is 0 Å². The average Bonchev–Trinajstić information content (AvgIpc) is 3.07. The molecule has 0 bridgehead atoms. The van der Waals surface area contributed by atoms with Crippen molar-refractivity contribution in [3.05, 3.63) is 78.0 Å². The molecule has 4 rings (SSSR count). The quantitative estimate of drug-likeness (QED) is 0.554. The van der Waals surface area contributed by atoms with Crippen molar-refractivity contribution >= 4 is 11.8 Å². The molecule has 0 amide bonds. The first-order valence-electron chi connectivity index (χ1n) is 8.48. The number of H-pyrrole nitrogens is 1. The van der Waals surface area contributed by atoms with Gasteiger partial charge in [-0.3, -0.25) is 5.10 Å². The maximum absolute atomic E-state index is 4.72. The fraction of sp³-hybridized carbons (Fsp3) is 0.0952. The molecule has 0 atom stereocenters. The second kappa shape index (κ2) is 6.80. The number of hydrogen-bond donors (Lipinski definition) is 2. The van der Waals surface area contributed by atoms with Gasteiger partial charge in [-0.1, -0.05) is 54.6 Å². The molecule has 0 fully saturated rings. The standard InChI is InChI=1S/C21H19N5/c1-14-8-6-7-11-17(14)19-13-18(16-9-4-3-5-10-16)22-21(23-19)24-20-12-15(2)25-26-20/h3-13H,1-2H3,(H2,22,23,24,25,26). The lowest BCUT2D eigenvalue weighted by atomic mass is 10.0. The summed E-state index contributed by atoms with van der Waals surface area (Å²) in [5.41, 5.74) is 6.04. The van der Waals surface area contributed by atoms with E-state index in [4.69, 9.17) is 4.98 Å². The van der Waals surface area contributed by atoms with Crippen LogP contribution in [0.5, 0.6) is 0 Å². The summed E-state index contributed by atoms with van der Waals surface area (Å²) in [6, 6.07) is 22.3. The maximum atomic E-state index is 4.72. The van der Waals surface area contributed by atoms with Crippen LogP contribution in [0.4, 0.5) is 11.8 Å². The van der Waals surface area contributed by atoms with Crippen molar-refractivity contribution in [1.82, 2.24) is 20.2 Å². The molecule has 2 aromatic heterocycles. The van der Waals surface area contributed by atoms with Crippen molar-refractivity contribution in [3.8, 4) is 22.5 Å². The third-order valence-electron chi connectivity index (χ3n) is 4.16. The van der Waals surface area contributed by atoms with Crippen molar-refractivity contribution in [2.45, 2.75) is 13.8 Å². The molecule has 0 aliphatic heterocycles. The van der Waals surface area contributed by atoms with Gasteiger partial charge in [0.15, 0.2) is 5.82 Å². The van der Waals surface area contributed by atoms with Gasteiger partial charge in [0.25, 0.3) is 0 Å². The van der Waals surface area contributed by atoms with Crippen LogP contribution in [0.15, 0.2) is 66.7 Å². The summed E-state index contributed by atoms with van der Waals surface area (Å²) in [5, 5.41) is 10.3. The van der Waals surface area contributed by atoms with E-state index < -0.39 is 0 Å². The number of anilines is 2. The average molecular weight is 341 g/mol. The number of nitrogens with one attached hydrogen (secondary N) is 2. The molecule has 2 aromatic carbocycles. The van der Waals surface area contributed by atoms with E-state index in [0.717, 1.165) is 28.2 Å². The minimum absolute atomic E-state index is 0.524. The largest absolute Gasteiger partial charge is 0.307 e. The number of benzene rings is 2. The van der Waals surface area contributed by atoms with Crippen LogP contribution in [-0.2, 0) is 0 Å². The maximum Gasteiger partial charge on any atom is 0.229 e. The first-order chi connectivity index (χ1) is 12.7. The van der Waals surface area contributed by atoms with Crippen LogP contribution in [0.25, 0.3) is 22.5 Å². The second-order valence-corrected chi connectivity index (χ2v) is 6.20. The molecular formula is C21H19N5. The van der Waals surface area contributed by atoms with Gasteiger partial charge in [-0.25, -0.2) is 9.97 Å². The van der Waals surface area contributed by atoms with Crippen LogP contribution < -0.4 is 5.32 Å². The summed E-state index contributed by atoms with van der Waals surface area (Å²) in [4.78, 5) is 9.41. The fourth-order valence-corrected chi connectivity index (χ4v) is 2.85. The van der Waals surface area contributed by atoms with Gasteiger partial charge in [0, 0.05) is 22.9 Å². The first kappa shape index (κ1) is 16.0. The van der Waals surface area contributed by atoms with Gasteiger partial charge >= 0.3 is 0 Å². The predicted molar refractivity (Wildman–Crippen MR) is 104 cm³/mol. The smallest absolute Gasteiger partial charge is 0.229 e. The Morgan fingerprint density at radius 2 is 1.54 bits per heavy atom. The van der Waals surface area contributed by atoms with E-state index in [0.29, 0.717) is 11.8 Å². The molecule has 0 saturated heterocycles. The third kappa shape index (κ3) is 3.32. The number of aryl methyl sites for hydroxylation is 2. The van der Waals surface area contributed by atoms with Crippen molar-refractivity contribution in [2.75, 3.05) is 5.32 Å². The monoisotopic (exact) mass is 341 g/mol. The summed E-state index contributed by atoms with van der Waals surface area (Å²) in [6.07, 6.45) is 0. The molecule has 26 heavy (non-hydrogen) atoms. The number of nitrogens with zero attached hydrogens (tertiary/aromatic N) is 3. The molecule has 0 aliphatic rings. The Hall–Kier alpha value is -3.47. The van der Waals surface area contributed by atoms with Crippen LogP contribution in [0.2, 0.25) is 0 Å². The van der Waals surface area contributed by atoms with E-state index in [1.165, 1.54) is 5.56 Å². The zero-order chi connectivity index (χ0) is 17.9. The summed E-state index contributed by atoms with van der Waals surface area (Å²) in [6.45, 7) is 4.04. The first-order valence-corrected chi connectivity index (χ1v) is 8.48. The molecule has 5 nitrogen and oxygen atoms in total. The Kier molecular flexibility index (Phi) is 4.19. The molecule has 0 spiro atoms. The molecule has 2 heterocycles. The summed E-state index contributed by atoms with van der Waals surface area (Å²) < 4.78 is 0. The molecule has 0 radical (unpaired) electrons. The minimum Gasteiger partial charge on any atom is -0.307 e. The van der Waals surface area contributed by atoms with Crippen molar-refractivity contribution in [1.29, 1.82) is 0 Å². The van der Waals surface area contributed by atoms with Gasteiger partial charge in [-0.15, -0.1) is 0 Å². The Balaban J connectivity index is 1.83. The molecule has 0 saturated carbocycles. The normalized spacial score (nSPS) is 10.7. The van der Waals surface area contributed by atoms with E-state index in [1.807, 2.05) is 61.5 Å². The van der Waals surface area contributed by atoms with Crippen LogP contribution in [0, 0.1) is 13.8 Å². The van der Waals surface area contributed by atoms with Crippen LogP contribution in [-0.4, -0.2) is 20.2 Å². The highest BCUT2D eigenvalue weighted by Gasteiger charge is 2.11. The van der Waals surface area contributed by atoms with Gasteiger partial charge < -0.3 is 5.32 Å².